The number of para-hydroxylation sites is 1. The Kier molecular flexibility index (Phi) is 3.02. The number of hydrogen-bond donors (Lipinski definition) is 2. The van der Waals surface area contributed by atoms with Gasteiger partial charge in [0.25, 0.3) is 0 Å². The van der Waals surface area contributed by atoms with E-state index in [0.717, 1.165) is 29.7 Å². The van der Waals surface area contributed by atoms with Crippen LogP contribution in [0.4, 0.5) is 11.4 Å². The molecule has 1 aromatic carbocycles. The summed E-state index contributed by atoms with van der Waals surface area (Å²) >= 11 is 0. The van der Waals surface area contributed by atoms with Gasteiger partial charge in [-0.3, -0.25) is 4.98 Å². The van der Waals surface area contributed by atoms with E-state index >= 15 is 0 Å². The van der Waals surface area contributed by atoms with Crippen molar-refractivity contribution in [1.29, 1.82) is 0 Å². The molecule has 1 saturated heterocycles. The van der Waals surface area contributed by atoms with Gasteiger partial charge in [-0.25, -0.2) is 5.01 Å². The van der Waals surface area contributed by atoms with Crippen LogP contribution in [0.5, 0.6) is 0 Å². The smallest absolute Gasteiger partial charge is 0.0831 e. The van der Waals surface area contributed by atoms with Crippen LogP contribution in [0.3, 0.4) is 0 Å². The van der Waals surface area contributed by atoms with E-state index in [1.165, 1.54) is 19.3 Å². The lowest BCUT2D eigenvalue weighted by molar-refractivity contribution is 0.274. The van der Waals surface area contributed by atoms with E-state index in [1.54, 1.807) is 6.20 Å². The standard InChI is InChI=1S/C14H18N4/c15-12-10-16-13-7-3-2-6-11(13)14(12)17-18-8-4-1-5-9-18/h2-3,6-7,10H,1,4-5,8-9,15H2,(H,16,17). The molecule has 0 aliphatic carbocycles. The van der Waals surface area contributed by atoms with Gasteiger partial charge in [-0.15, -0.1) is 0 Å². The Morgan fingerprint density at radius 3 is 2.72 bits per heavy atom. The largest absolute Gasteiger partial charge is 0.396 e. The Balaban J connectivity index is 1.96. The number of benzene rings is 1. The summed E-state index contributed by atoms with van der Waals surface area (Å²) in [5, 5.41) is 3.34. The maximum atomic E-state index is 6.05. The third-order valence-corrected chi connectivity index (χ3v) is 3.43. The number of aromatic nitrogens is 1. The molecule has 3 N–H and O–H groups in total. The van der Waals surface area contributed by atoms with Crippen molar-refractivity contribution in [2.24, 2.45) is 0 Å². The first-order valence-corrected chi connectivity index (χ1v) is 6.49. The van der Waals surface area contributed by atoms with Crippen LogP contribution in [-0.2, 0) is 0 Å². The molecule has 1 aliphatic rings. The zero-order chi connectivity index (χ0) is 12.4. The van der Waals surface area contributed by atoms with Gasteiger partial charge in [-0.1, -0.05) is 24.6 Å². The first-order chi connectivity index (χ1) is 8.84. The van der Waals surface area contributed by atoms with Gasteiger partial charge >= 0.3 is 0 Å². The zero-order valence-corrected chi connectivity index (χ0v) is 10.4. The quantitative estimate of drug-likeness (QED) is 0.850. The average molecular weight is 242 g/mol. The number of nitrogens with one attached hydrogen (secondary N) is 1. The third kappa shape index (κ3) is 2.11. The Bertz CT molecular complexity index is 546. The Labute approximate surface area is 107 Å². The van der Waals surface area contributed by atoms with Gasteiger partial charge in [-0.05, 0) is 18.9 Å². The lowest BCUT2D eigenvalue weighted by Gasteiger charge is -2.28. The fourth-order valence-corrected chi connectivity index (χ4v) is 2.45. The van der Waals surface area contributed by atoms with Crippen molar-refractivity contribution in [2.45, 2.75) is 19.3 Å². The highest BCUT2D eigenvalue weighted by atomic mass is 15.5. The van der Waals surface area contributed by atoms with Crippen LogP contribution in [0.25, 0.3) is 10.9 Å². The number of anilines is 2. The van der Waals surface area contributed by atoms with Gasteiger partial charge in [0, 0.05) is 18.5 Å². The van der Waals surface area contributed by atoms with E-state index in [1.807, 2.05) is 18.2 Å². The van der Waals surface area contributed by atoms with Gasteiger partial charge in [0.1, 0.15) is 0 Å². The van der Waals surface area contributed by atoms with Crippen LogP contribution in [0.15, 0.2) is 30.5 Å². The lowest BCUT2D eigenvalue weighted by atomic mass is 10.1. The number of nitrogens with two attached hydrogens (primary N) is 1. The summed E-state index contributed by atoms with van der Waals surface area (Å²) in [7, 11) is 0. The molecule has 3 rings (SSSR count). The second-order valence-electron chi connectivity index (χ2n) is 4.77. The normalized spacial score (nSPS) is 16.9. The minimum Gasteiger partial charge on any atom is -0.396 e. The Morgan fingerprint density at radius 2 is 1.89 bits per heavy atom. The van der Waals surface area contributed by atoms with E-state index < -0.39 is 0 Å². The molecule has 2 aromatic rings. The van der Waals surface area contributed by atoms with Crippen molar-refractivity contribution in [1.82, 2.24) is 9.99 Å². The van der Waals surface area contributed by atoms with Crippen molar-refractivity contribution < 1.29 is 0 Å². The number of piperidine rings is 1. The molecular formula is C14H18N4. The molecule has 1 aromatic heterocycles. The van der Waals surface area contributed by atoms with Crippen LogP contribution in [-0.4, -0.2) is 23.1 Å². The Morgan fingerprint density at radius 1 is 1.11 bits per heavy atom. The molecule has 18 heavy (non-hydrogen) atoms. The molecule has 1 aliphatic heterocycles. The number of pyridine rings is 1. The minimum atomic E-state index is 0.708. The molecule has 4 nitrogen and oxygen atoms in total. The molecule has 0 unspecified atom stereocenters. The third-order valence-electron chi connectivity index (χ3n) is 3.43. The number of fused-ring (bicyclic) bond motifs is 1. The SMILES string of the molecule is Nc1cnc2ccccc2c1NN1CCCCC1. The zero-order valence-electron chi connectivity index (χ0n) is 10.4. The van der Waals surface area contributed by atoms with Gasteiger partial charge in [0.15, 0.2) is 0 Å². The lowest BCUT2D eigenvalue weighted by Crippen LogP contribution is -2.35. The van der Waals surface area contributed by atoms with Crippen molar-refractivity contribution in [3.8, 4) is 0 Å². The summed E-state index contributed by atoms with van der Waals surface area (Å²) in [6.07, 6.45) is 5.55. The summed E-state index contributed by atoms with van der Waals surface area (Å²) in [4.78, 5) is 4.35. The molecule has 0 radical (unpaired) electrons. The van der Waals surface area contributed by atoms with Gasteiger partial charge < -0.3 is 11.2 Å². The molecule has 0 saturated carbocycles. The number of hydrazine groups is 1. The van der Waals surface area contributed by atoms with E-state index in [0.29, 0.717) is 5.69 Å². The van der Waals surface area contributed by atoms with Crippen molar-refractivity contribution in [2.75, 3.05) is 24.2 Å². The van der Waals surface area contributed by atoms with Gasteiger partial charge in [-0.2, -0.15) is 0 Å². The highest BCUT2D eigenvalue weighted by Crippen LogP contribution is 2.28. The first kappa shape index (κ1) is 11.3. The summed E-state index contributed by atoms with van der Waals surface area (Å²) in [6, 6.07) is 8.09. The minimum absolute atomic E-state index is 0.708. The second kappa shape index (κ2) is 4.82. The molecule has 4 heteroatoms. The number of hydrogen-bond acceptors (Lipinski definition) is 4. The molecule has 2 heterocycles. The molecule has 0 amide bonds. The van der Waals surface area contributed by atoms with Crippen LogP contribution in [0.1, 0.15) is 19.3 Å². The van der Waals surface area contributed by atoms with Gasteiger partial charge in [0.2, 0.25) is 0 Å². The van der Waals surface area contributed by atoms with Crippen molar-refractivity contribution >= 4 is 22.3 Å². The monoisotopic (exact) mass is 242 g/mol. The Hall–Kier alpha value is -1.81. The number of nitrogen functional groups attached to an aromatic ring is 1. The van der Waals surface area contributed by atoms with Crippen molar-refractivity contribution in [3.63, 3.8) is 0 Å². The van der Waals surface area contributed by atoms with E-state index in [2.05, 4.69) is 21.5 Å². The predicted molar refractivity (Wildman–Crippen MR) is 75.2 cm³/mol. The second-order valence-corrected chi connectivity index (χ2v) is 4.77. The summed E-state index contributed by atoms with van der Waals surface area (Å²) in [5.74, 6) is 0. The predicted octanol–water partition coefficient (Wildman–Crippen LogP) is 2.63. The highest BCUT2D eigenvalue weighted by molar-refractivity contribution is 5.96. The molecule has 0 atom stereocenters. The summed E-state index contributed by atoms with van der Waals surface area (Å²) < 4.78 is 0. The van der Waals surface area contributed by atoms with E-state index in [-0.39, 0.29) is 0 Å². The first-order valence-electron chi connectivity index (χ1n) is 6.49. The fraction of sp³-hybridized carbons (Fsp3) is 0.357. The molecule has 1 fully saturated rings. The molecule has 0 spiro atoms. The average Bonchev–Trinajstić information content (AvgIpc) is 2.43. The topological polar surface area (TPSA) is 54.2 Å². The van der Waals surface area contributed by atoms with E-state index in [4.69, 9.17) is 5.73 Å². The van der Waals surface area contributed by atoms with Crippen LogP contribution in [0, 0.1) is 0 Å². The van der Waals surface area contributed by atoms with Crippen molar-refractivity contribution in [3.05, 3.63) is 30.5 Å². The maximum Gasteiger partial charge on any atom is 0.0831 e. The molecular weight excluding hydrogens is 224 g/mol. The summed E-state index contributed by atoms with van der Waals surface area (Å²) in [5.41, 5.74) is 12.2. The van der Waals surface area contributed by atoms with Gasteiger partial charge in [0.05, 0.1) is 23.1 Å². The molecule has 94 valence electrons. The number of rotatable bonds is 2. The highest BCUT2D eigenvalue weighted by Gasteiger charge is 2.13. The van der Waals surface area contributed by atoms with E-state index in [9.17, 15) is 0 Å². The maximum absolute atomic E-state index is 6.05. The van der Waals surface area contributed by atoms with Crippen LogP contribution in [0.2, 0.25) is 0 Å². The van der Waals surface area contributed by atoms with Crippen LogP contribution >= 0.6 is 0 Å². The molecule has 0 bridgehead atoms. The summed E-state index contributed by atoms with van der Waals surface area (Å²) in [6.45, 7) is 2.16. The fourth-order valence-electron chi connectivity index (χ4n) is 2.45. The number of nitrogens with zero attached hydrogens (tertiary/aromatic N) is 2. The van der Waals surface area contributed by atoms with Crippen LogP contribution < -0.4 is 11.2 Å².